The van der Waals surface area contributed by atoms with Gasteiger partial charge >= 0.3 is 0 Å². The van der Waals surface area contributed by atoms with Gasteiger partial charge in [-0.3, -0.25) is 4.98 Å². The molecule has 0 fully saturated rings. The van der Waals surface area contributed by atoms with Crippen LogP contribution in [0.25, 0.3) is 0 Å². The van der Waals surface area contributed by atoms with Gasteiger partial charge in [-0.15, -0.1) is 0 Å². The molecule has 2 rings (SSSR count). The van der Waals surface area contributed by atoms with Crippen LogP contribution in [0.2, 0.25) is 0 Å². The van der Waals surface area contributed by atoms with E-state index in [2.05, 4.69) is 4.98 Å². The molecule has 1 aromatic carbocycles. The van der Waals surface area contributed by atoms with Crippen molar-refractivity contribution in [2.24, 2.45) is 0 Å². The van der Waals surface area contributed by atoms with Gasteiger partial charge in [0.2, 0.25) is 0 Å². The third kappa shape index (κ3) is 2.46. The molecule has 1 N–H and O–H groups in total. The number of hydrogen-bond acceptors (Lipinski definition) is 3. The SMILES string of the molecule is COc1cncc(C(O)c2cc(F)ccc2F)c1. The van der Waals surface area contributed by atoms with Gasteiger partial charge in [-0.05, 0) is 24.3 Å². The molecule has 18 heavy (non-hydrogen) atoms. The van der Waals surface area contributed by atoms with Crippen molar-refractivity contribution < 1.29 is 18.6 Å². The molecule has 0 aliphatic carbocycles. The number of halogens is 2. The molecule has 0 saturated carbocycles. The fourth-order valence-electron chi connectivity index (χ4n) is 1.60. The van der Waals surface area contributed by atoms with E-state index in [0.29, 0.717) is 11.3 Å². The highest BCUT2D eigenvalue weighted by atomic mass is 19.1. The quantitative estimate of drug-likeness (QED) is 0.911. The third-order valence-corrected chi connectivity index (χ3v) is 2.54. The fourth-order valence-corrected chi connectivity index (χ4v) is 1.60. The van der Waals surface area contributed by atoms with Crippen LogP contribution < -0.4 is 4.74 Å². The molecular formula is C13H11F2NO2. The number of pyridine rings is 1. The monoisotopic (exact) mass is 251 g/mol. The summed E-state index contributed by atoms with van der Waals surface area (Å²) in [6, 6.07) is 4.44. The summed E-state index contributed by atoms with van der Waals surface area (Å²) < 4.78 is 31.5. The Morgan fingerprint density at radius 3 is 2.72 bits per heavy atom. The number of ether oxygens (including phenoxy) is 1. The molecular weight excluding hydrogens is 240 g/mol. The predicted molar refractivity (Wildman–Crippen MR) is 61.2 cm³/mol. The van der Waals surface area contributed by atoms with Crippen LogP contribution in [-0.4, -0.2) is 17.2 Å². The van der Waals surface area contributed by atoms with E-state index in [1.165, 1.54) is 25.6 Å². The number of aliphatic hydroxyl groups is 1. The smallest absolute Gasteiger partial charge is 0.137 e. The number of aliphatic hydroxyl groups excluding tert-OH is 1. The standard InChI is InChI=1S/C13H11F2NO2/c1-18-10-4-8(6-16-7-10)13(17)11-5-9(14)2-3-12(11)15/h2-7,13,17H,1H3. The summed E-state index contributed by atoms with van der Waals surface area (Å²) in [5.41, 5.74) is 0.198. The fraction of sp³-hybridized carbons (Fsp3) is 0.154. The number of rotatable bonds is 3. The van der Waals surface area contributed by atoms with Gasteiger partial charge in [-0.2, -0.15) is 0 Å². The van der Waals surface area contributed by atoms with Gasteiger partial charge in [-0.25, -0.2) is 8.78 Å². The Morgan fingerprint density at radius 1 is 1.22 bits per heavy atom. The Balaban J connectivity index is 2.40. The number of benzene rings is 1. The van der Waals surface area contributed by atoms with E-state index < -0.39 is 17.7 Å². The highest BCUT2D eigenvalue weighted by Gasteiger charge is 2.16. The van der Waals surface area contributed by atoms with Crippen molar-refractivity contribution in [1.29, 1.82) is 0 Å². The maximum atomic E-state index is 13.5. The molecule has 1 atom stereocenters. The van der Waals surface area contributed by atoms with Gasteiger partial charge in [0.15, 0.2) is 0 Å². The zero-order chi connectivity index (χ0) is 13.1. The minimum Gasteiger partial charge on any atom is -0.495 e. The molecule has 0 bridgehead atoms. The van der Waals surface area contributed by atoms with E-state index in [-0.39, 0.29) is 5.56 Å². The maximum absolute atomic E-state index is 13.5. The second-order valence-electron chi connectivity index (χ2n) is 3.73. The lowest BCUT2D eigenvalue weighted by Crippen LogP contribution is -2.04. The maximum Gasteiger partial charge on any atom is 0.137 e. The molecule has 3 nitrogen and oxygen atoms in total. The molecule has 0 radical (unpaired) electrons. The molecule has 1 heterocycles. The largest absolute Gasteiger partial charge is 0.495 e. The first-order valence-corrected chi connectivity index (χ1v) is 5.24. The van der Waals surface area contributed by atoms with Crippen molar-refractivity contribution in [2.45, 2.75) is 6.10 Å². The molecule has 0 aliphatic heterocycles. The van der Waals surface area contributed by atoms with Crippen molar-refractivity contribution in [2.75, 3.05) is 7.11 Å². The zero-order valence-corrected chi connectivity index (χ0v) is 9.60. The van der Waals surface area contributed by atoms with Gasteiger partial charge < -0.3 is 9.84 Å². The van der Waals surface area contributed by atoms with Crippen molar-refractivity contribution in [3.63, 3.8) is 0 Å². The van der Waals surface area contributed by atoms with Gasteiger partial charge in [0.05, 0.1) is 13.3 Å². The average molecular weight is 251 g/mol. The second-order valence-corrected chi connectivity index (χ2v) is 3.73. The van der Waals surface area contributed by atoms with Crippen molar-refractivity contribution >= 4 is 0 Å². The number of nitrogens with zero attached hydrogens (tertiary/aromatic N) is 1. The van der Waals surface area contributed by atoms with Crippen LogP contribution in [-0.2, 0) is 0 Å². The normalized spacial score (nSPS) is 12.2. The molecule has 5 heteroatoms. The van der Waals surface area contributed by atoms with Crippen LogP contribution in [0.5, 0.6) is 5.75 Å². The van der Waals surface area contributed by atoms with Gasteiger partial charge in [0, 0.05) is 17.3 Å². The summed E-state index contributed by atoms with van der Waals surface area (Å²) >= 11 is 0. The number of hydrogen-bond donors (Lipinski definition) is 1. The van der Waals surface area contributed by atoms with Crippen LogP contribution in [0.15, 0.2) is 36.7 Å². The highest BCUT2D eigenvalue weighted by Crippen LogP contribution is 2.26. The summed E-state index contributed by atoms with van der Waals surface area (Å²) in [5.74, 6) is -0.851. The molecule has 0 saturated heterocycles. The first kappa shape index (κ1) is 12.4. The summed E-state index contributed by atoms with van der Waals surface area (Å²) in [6.45, 7) is 0. The van der Waals surface area contributed by atoms with Crippen LogP contribution in [0.3, 0.4) is 0 Å². The zero-order valence-electron chi connectivity index (χ0n) is 9.60. The Labute approximate surface area is 103 Å². The van der Waals surface area contributed by atoms with E-state index in [4.69, 9.17) is 4.74 Å². The van der Waals surface area contributed by atoms with E-state index >= 15 is 0 Å². The summed E-state index contributed by atoms with van der Waals surface area (Å²) in [7, 11) is 1.45. The van der Waals surface area contributed by atoms with E-state index in [1.54, 1.807) is 0 Å². The lowest BCUT2D eigenvalue weighted by molar-refractivity contribution is 0.213. The lowest BCUT2D eigenvalue weighted by atomic mass is 10.0. The Bertz CT molecular complexity index is 560. The molecule has 0 spiro atoms. The molecule has 1 unspecified atom stereocenters. The summed E-state index contributed by atoms with van der Waals surface area (Å²) in [4.78, 5) is 3.85. The Kier molecular flexibility index (Phi) is 3.53. The topological polar surface area (TPSA) is 42.4 Å². The molecule has 0 aliphatic rings. The first-order chi connectivity index (χ1) is 8.61. The highest BCUT2D eigenvalue weighted by molar-refractivity contribution is 5.33. The first-order valence-electron chi connectivity index (χ1n) is 5.24. The van der Waals surface area contributed by atoms with E-state index in [9.17, 15) is 13.9 Å². The molecule has 1 aromatic heterocycles. The number of methoxy groups -OCH3 is 1. The minimum atomic E-state index is -1.29. The van der Waals surface area contributed by atoms with Crippen LogP contribution in [0, 0.1) is 11.6 Å². The van der Waals surface area contributed by atoms with Crippen molar-refractivity contribution in [3.8, 4) is 5.75 Å². The summed E-state index contributed by atoms with van der Waals surface area (Å²) in [5, 5.41) is 10.0. The number of aromatic nitrogens is 1. The second kappa shape index (κ2) is 5.10. The Hall–Kier alpha value is -2.01. The van der Waals surface area contributed by atoms with Crippen LogP contribution >= 0.6 is 0 Å². The van der Waals surface area contributed by atoms with Gasteiger partial charge in [0.25, 0.3) is 0 Å². The lowest BCUT2D eigenvalue weighted by Gasteiger charge is -2.13. The third-order valence-electron chi connectivity index (χ3n) is 2.54. The van der Waals surface area contributed by atoms with Gasteiger partial charge in [0.1, 0.15) is 23.5 Å². The molecule has 0 amide bonds. The predicted octanol–water partition coefficient (Wildman–Crippen LogP) is 2.45. The van der Waals surface area contributed by atoms with E-state index in [1.807, 2.05) is 0 Å². The van der Waals surface area contributed by atoms with Crippen molar-refractivity contribution in [1.82, 2.24) is 4.98 Å². The molecule has 2 aromatic rings. The van der Waals surface area contributed by atoms with Crippen LogP contribution in [0.1, 0.15) is 17.2 Å². The summed E-state index contributed by atoms with van der Waals surface area (Å²) in [6.07, 6.45) is 1.54. The van der Waals surface area contributed by atoms with Crippen LogP contribution in [0.4, 0.5) is 8.78 Å². The molecule has 94 valence electrons. The Morgan fingerprint density at radius 2 is 2.00 bits per heavy atom. The average Bonchev–Trinajstić information content (AvgIpc) is 2.41. The van der Waals surface area contributed by atoms with Crippen molar-refractivity contribution in [3.05, 3.63) is 59.4 Å². The van der Waals surface area contributed by atoms with Gasteiger partial charge in [-0.1, -0.05) is 0 Å². The van der Waals surface area contributed by atoms with E-state index in [0.717, 1.165) is 18.2 Å². The minimum absolute atomic E-state index is 0.134.